The molecule has 1 atom stereocenters. The maximum Gasteiger partial charge on any atom is 0.251 e. The highest BCUT2D eigenvalue weighted by molar-refractivity contribution is 7.91. The second kappa shape index (κ2) is 8.53. The van der Waals surface area contributed by atoms with Crippen LogP contribution in [0.4, 0.5) is 4.39 Å². The molecule has 0 aliphatic heterocycles. The van der Waals surface area contributed by atoms with Crippen LogP contribution in [-0.2, 0) is 9.84 Å². The van der Waals surface area contributed by atoms with Crippen molar-refractivity contribution in [3.8, 4) is 5.75 Å². The van der Waals surface area contributed by atoms with Gasteiger partial charge in [-0.15, -0.1) is 11.3 Å². The predicted molar refractivity (Wildman–Crippen MR) is 106 cm³/mol. The molecule has 0 aliphatic carbocycles. The Morgan fingerprint density at radius 2 is 1.79 bits per heavy atom. The van der Waals surface area contributed by atoms with Gasteiger partial charge in [0, 0.05) is 17.0 Å². The van der Waals surface area contributed by atoms with E-state index in [0.717, 1.165) is 0 Å². The van der Waals surface area contributed by atoms with Crippen LogP contribution in [0.25, 0.3) is 0 Å². The van der Waals surface area contributed by atoms with Gasteiger partial charge < -0.3 is 10.1 Å². The molecular weight excluding hydrogens is 401 g/mol. The molecule has 8 heteroatoms. The first-order chi connectivity index (χ1) is 13.4. The number of ether oxygens (including phenoxy) is 1. The maximum atomic E-state index is 13.2. The second-order valence-electron chi connectivity index (χ2n) is 5.94. The molecule has 3 rings (SSSR count). The van der Waals surface area contributed by atoms with Gasteiger partial charge in [-0.05, 0) is 60.0 Å². The molecule has 0 aliphatic rings. The van der Waals surface area contributed by atoms with Gasteiger partial charge in [0.05, 0.1) is 12.0 Å². The Balaban J connectivity index is 1.85. The smallest absolute Gasteiger partial charge is 0.251 e. The van der Waals surface area contributed by atoms with E-state index in [1.165, 1.54) is 54.8 Å². The van der Waals surface area contributed by atoms with Gasteiger partial charge in [0.1, 0.15) is 16.8 Å². The topological polar surface area (TPSA) is 72.5 Å². The van der Waals surface area contributed by atoms with Crippen molar-refractivity contribution in [2.24, 2.45) is 0 Å². The Morgan fingerprint density at radius 1 is 1.11 bits per heavy atom. The molecule has 1 unspecified atom stereocenters. The second-order valence-corrected chi connectivity index (χ2v) is 9.05. The minimum atomic E-state index is -3.75. The largest absolute Gasteiger partial charge is 0.497 e. The molecule has 0 fully saturated rings. The van der Waals surface area contributed by atoms with Crippen LogP contribution in [0.15, 0.2) is 70.9 Å². The van der Waals surface area contributed by atoms with E-state index in [2.05, 4.69) is 5.32 Å². The SMILES string of the molecule is COc1ccc(S(=O)(=O)C(CNC(=O)c2ccc(F)cc2)c2cccs2)cc1. The summed E-state index contributed by atoms with van der Waals surface area (Å²) in [7, 11) is -2.25. The van der Waals surface area contributed by atoms with Gasteiger partial charge in [0.2, 0.25) is 0 Å². The monoisotopic (exact) mass is 419 g/mol. The van der Waals surface area contributed by atoms with E-state index in [9.17, 15) is 17.6 Å². The molecule has 0 saturated heterocycles. The molecule has 1 amide bonds. The van der Waals surface area contributed by atoms with Crippen LogP contribution < -0.4 is 10.1 Å². The van der Waals surface area contributed by atoms with Crippen molar-refractivity contribution in [1.29, 1.82) is 0 Å². The van der Waals surface area contributed by atoms with Crippen LogP contribution in [0, 0.1) is 5.82 Å². The Kier molecular flexibility index (Phi) is 6.11. The molecule has 0 spiro atoms. The number of sulfone groups is 1. The number of methoxy groups -OCH3 is 1. The van der Waals surface area contributed by atoms with E-state index in [-0.39, 0.29) is 17.0 Å². The third-order valence-corrected chi connectivity index (χ3v) is 7.41. The van der Waals surface area contributed by atoms with E-state index in [1.807, 2.05) is 0 Å². The standard InChI is InChI=1S/C20H18FNO4S2/c1-26-16-8-10-17(11-9-16)28(24,25)19(18-3-2-12-27-18)13-22-20(23)14-4-6-15(21)7-5-14/h2-12,19H,13H2,1H3,(H,22,23). The molecule has 1 heterocycles. The highest BCUT2D eigenvalue weighted by Gasteiger charge is 2.30. The van der Waals surface area contributed by atoms with Crippen molar-refractivity contribution < 1.29 is 22.3 Å². The Labute approximate surface area is 166 Å². The Bertz CT molecular complexity index is 1030. The van der Waals surface area contributed by atoms with Gasteiger partial charge >= 0.3 is 0 Å². The lowest BCUT2D eigenvalue weighted by Crippen LogP contribution is -2.31. The molecule has 3 aromatic rings. The Hall–Kier alpha value is -2.71. The molecule has 28 heavy (non-hydrogen) atoms. The Morgan fingerprint density at radius 3 is 2.36 bits per heavy atom. The highest BCUT2D eigenvalue weighted by Crippen LogP contribution is 2.32. The van der Waals surface area contributed by atoms with Crippen LogP contribution in [0.5, 0.6) is 5.75 Å². The van der Waals surface area contributed by atoms with Crippen molar-refractivity contribution in [3.05, 3.63) is 82.3 Å². The lowest BCUT2D eigenvalue weighted by molar-refractivity contribution is 0.0953. The van der Waals surface area contributed by atoms with E-state index in [0.29, 0.717) is 10.6 Å². The van der Waals surface area contributed by atoms with Gasteiger partial charge in [-0.3, -0.25) is 4.79 Å². The lowest BCUT2D eigenvalue weighted by Gasteiger charge is -2.18. The van der Waals surface area contributed by atoms with Crippen LogP contribution in [-0.4, -0.2) is 28.0 Å². The summed E-state index contributed by atoms with van der Waals surface area (Å²) in [5, 5.41) is 3.49. The first kappa shape index (κ1) is 20.0. The minimum Gasteiger partial charge on any atom is -0.497 e. The third-order valence-electron chi connectivity index (χ3n) is 4.18. The lowest BCUT2D eigenvalue weighted by atomic mass is 10.2. The zero-order chi connectivity index (χ0) is 20.1. The number of halogens is 1. The van der Waals surface area contributed by atoms with Crippen LogP contribution in [0.1, 0.15) is 20.5 Å². The summed E-state index contributed by atoms with van der Waals surface area (Å²) in [5.41, 5.74) is 0.258. The first-order valence-corrected chi connectivity index (χ1v) is 10.8. The molecule has 146 valence electrons. The number of carbonyl (C=O) groups excluding carboxylic acids is 1. The number of carbonyl (C=O) groups is 1. The van der Waals surface area contributed by atoms with E-state index < -0.39 is 26.8 Å². The zero-order valence-electron chi connectivity index (χ0n) is 15.0. The average Bonchev–Trinajstić information content (AvgIpc) is 3.22. The number of benzene rings is 2. The maximum absolute atomic E-state index is 13.2. The van der Waals surface area contributed by atoms with Gasteiger partial charge in [0.15, 0.2) is 9.84 Å². The summed E-state index contributed by atoms with van der Waals surface area (Å²) in [6.07, 6.45) is 0. The number of nitrogens with one attached hydrogen (secondary N) is 1. The van der Waals surface area contributed by atoms with Crippen molar-refractivity contribution in [2.45, 2.75) is 10.1 Å². The molecule has 0 saturated carbocycles. The minimum absolute atomic E-state index is 0.106. The number of rotatable bonds is 7. The molecule has 2 aromatic carbocycles. The van der Waals surface area contributed by atoms with Gasteiger partial charge in [0.25, 0.3) is 5.91 Å². The van der Waals surface area contributed by atoms with Crippen LogP contribution in [0.3, 0.4) is 0 Å². The average molecular weight is 419 g/mol. The van der Waals surface area contributed by atoms with Gasteiger partial charge in [-0.1, -0.05) is 6.07 Å². The van der Waals surface area contributed by atoms with E-state index in [4.69, 9.17) is 4.74 Å². The van der Waals surface area contributed by atoms with Gasteiger partial charge in [-0.25, -0.2) is 12.8 Å². The van der Waals surface area contributed by atoms with Crippen molar-refractivity contribution in [3.63, 3.8) is 0 Å². The van der Waals surface area contributed by atoms with Crippen molar-refractivity contribution >= 4 is 27.1 Å². The quantitative estimate of drug-likeness (QED) is 0.632. The number of hydrogen-bond donors (Lipinski definition) is 1. The molecule has 0 radical (unpaired) electrons. The van der Waals surface area contributed by atoms with E-state index in [1.54, 1.807) is 29.6 Å². The molecular formula is C20H18FNO4S2. The van der Waals surface area contributed by atoms with Crippen molar-refractivity contribution in [1.82, 2.24) is 5.32 Å². The third kappa shape index (κ3) is 4.40. The summed E-state index contributed by atoms with van der Waals surface area (Å²) in [6.45, 7) is -0.106. The summed E-state index contributed by atoms with van der Waals surface area (Å²) in [6, 6.07) is 14.7. The molecule has 0 bridgehead atoms. The van der Waals surface area contributed by atoms with Crippen molar-refractivity contribution in [2.75, 3.05) is 13.7 Å². The molecule has 1 N–H and O–H groups in total. The fourth-order valence-electron chi connectivity index (χ4n) is 2.66. The number of thiophene rings is 1. The van der Waals surface area contributed by atoms with Crippen LogP contribution in [0.2, 0.25) is 0 Å². The highest BCUT2D eigenvalue weighted by atomic mass is 32.2. The van der Waals surface area contributed by atoms with E-state index >= 15 is 0 Å². The molecule has 1 aromatic heterocycles. The first-order valence-electron chi connectivity index (χ1n) is 8.37. The number of amides is 1. The normalized spacial score (nSPS) is 12.4. The fourth-order valence-corrected chi connectivity index (χ4v) is 5.44. The van der Waals surface area contributed by atoms with Crippen LogP contribution >= 0.6 is 11.3 Å². The zero-order valence-corrected chi connectivity index (χ0v) is 16.6. The predicted octanol–water partition coefficient (Wildman–Crippen LogP) is 3.84. The summed E-state index contributed by atoms with van der Waals surface area (Å²) in [5.74, 6) is -0.363. The summed E-state index contributed by atoms with van der Waals surface area (Å²) >= 11 is 1.30. The fraction of sp³-hybridized carbons (Fsp3) is 0.150. The number of hydrogen-bond acceptors (Lipinski definition) is 5. The van der Waals surface area contributed by atoms with Gasteiger partial charge in [-0.2, -0.15) is 0 Å². The summed E-state index contributed by atoms with van der Waals surface area (Å²) in [4.78, 5) is 13.1. The molecule has 5 nitrogen and oxygen atoms in total. The summed E-state index contributed by atoms with van der Waals surface area (Å²) < 4.78 is 44.5.